The van der Waals surface area contributed by atoms with Crippen LogP contribution in [0.4, 0.5) is 0 Å². The Morgan fingerprint density at radius 3 is 0.700 bits per heavy atom. The van der Waals surface area contributed by atoms with Crippen LogP contribution in [0.25, 0.3) is 0 Å². The van der Waals surface area contributed by atoms with Gasteiger partial charge in [-0.15, -0.1) is 0 Å². The zero-order valence-corrected chi connectivity index (χ0v) is 13.9. The molecule has 10 heteroatoms. The van der Waals surface area contributed by atoms with Crippen LogP contribution in [0.15, 0.2) is 0 Å². The molecule has 10 heavy (non-hydrogen) atoms. The summed E-state index contributed by atoms with van der Waals surface area (Å²) >= 11 is 7.38. The third kappa shape index (κ3) is 92.2. The fourth-order valence-corrected chi connectivity index (χ4v) is 0. The Morgan fingerprint density at radius 1 is 0.700 bits per heavy atom. The van der Waals surface area contributed by atoms with Gasteiger partial charge in [0.05, 0.1) is 0 Å². The summed E-state index contributed by atoms with van der Waals surface area (Å²) in [5.74, 6) is 0. The molecule has 0 bridgehead atoms. The quantitative estimate of drug-likeness (QED) is 0.203. The molecule has 0 amide bonds. The number of hydrogen-bond acceptors (Lipinski definition) is 0. The van der Waals surface area contributed by atoms with E-state index in [1.54, 1.807) is 0 Å². The molecule has 0 rings (SSSR count). The summed E-state index contributed by atoms with van der Waals surface area (Å²) in [6, 6.07) is 0. The molecule has 0 nitrogen and oxygen atoms in total. The molecule has 0 aromatic rings. The number of rotatable bonds is 0. The van der Waals surface area contributed by atoms with Gasteiger partial charge in [-0.1, -0.05) is 0 Å². The third-order valence-electron chi connectivity index (χ3n) is 0. The first-order chi connectivity index (χ1) is 1.41. The van der Waals surface area contributed by atoms with Crippen LogP contribution in [-0.2, 0) is 11.3 Å². The first-order valence-corrected chi connectivity index (χ1v) is 4.88. The Balaban J connectivity index is -0.000000000952. The van der Waals surface area contributed by atoms with Crippen molar-refractivity contribution in [1.82, 2.24) is 0 Å². The molecule has 0 aromatic heterocycles. The van der Waals surface area contributed by atoms with E-state index >= 15 is 0 Å². The zero-order chi connectivity index (χ0) is 2.71. The molecule has 0 aliphatic carbocycles. The summed E-state index contributed by atoms with van der Waals surface area (Å²) in [5.41, 5.74) is 0. The van der Waals surface area contributed by atoms with Gasteiger partial charge in [0.15, 0.2) is 0 Å². The molecular formula is Br2CuF5GdSr. The minimum absolute atomic E-state index is 0. The molecule has 0 unspecified atom stereocenters. The van der Waals surface area contributed by atoms with E-state index in [1.165, 1.54) is 11.3 Å². The van der Waals surface area contributed by atoms with E-state index in [0.29, 0.717) is 0 Å². The van der Waals surface area contributed by atoms with Gasteiger partial charge in [0.2, 0.25) is 0 Å². The van der Waals surface area contributed by atoms with Crippen molar-refractivity contribution in [2.24, 2.45) is 0 Å². The Hall–Kier alpha value is 3.93. The van der Waals surface area contributed by atoms with Gasteiger partial charge >= 0.3 is 125 Å². The molecule has 0 atom stereocenters. The maximum atomic E-state index is 2.97. The second-order valence-electron chi connectivity index (χ2n) is 0.0431. The summed E-state index contributed by atoms with van der Waals surface area (Å²) in [6.45, 7) is 0. The second-order valence-corrected chi connectivity index (χ2v) is 4.80. The Labute approximate surface area is 145 Å². The maximum absolute atomic E-state index is 2.97. The molecular weight excluding hydrogens is 563 g/mol. The number of halogens is 7. The summed E-state index contributed by atoms with van der Waals surface area (Å²) in [5, 5.41) is 0. The van der Waals surface area contributed by atoms with Crippen molar-refractivity contribution in [3.8, 4) is 0 Å². The van der Waals surface area contributed by atoms with Crippen molar-refractivity contribution in [3.63, 3.8) is 0 Å². The molecule has 0 aliphatic rings. The molecule has 70 valence electrons. The molecule has 0 aliphatic heterocycles. The second kappa shape index (κ2) is 75.7. The SMILES string of the molecule is [Br][Cu][Br].[F-].[F-].[F-].[F-].[F-].[Gd+3].[Sr+2]. The normalized spacial score (nSPS) is 2.20. The van der Waals surface area contributed by atoms with Crippen molar-refractivity contribution >= 4 is 73.7 Å². The van der Waals surface area contributed by atoms with Crippen LogP contribution in [0.1, 0.15) is 0 Å². The van der Waals surface area contributed by atoms with E-state index in [-0.39, 0.29) is 109 Å². The van der Waals surface area contributed by atoms with Gasteiger partial charge in [-0.25, -0.2) is 0 Å². The Kier molecular flexibility index (Phi) is 501. The van der Waals surface area contributed by atoms with E-state index in [2.05, 4.69) is 28.2 Å². The van der Waals surface area contributed by atoms with E-state index in [0.717, 1.165) is 0 Å². The maximum Gasteiger partial charge on any atom is 3.00 e. The van der Waals surface area contributed by atoms with Gasteiger partial charge in [0, 0.05) is 0 Å². The average molecular weight is 563 g/mol. The van der Waals surface area contributed by atoms with Gasteiger partial charge < -0.3 is 23.5 Å². The standard InChI is InChI=1S/2BrH.Cu.5FH.Gd.Sr/h2*1H;;5*1H;;/q;;+2;;;;;;+3;+2/p-7. The monoisotopic (exact) mass is 562 g/mol. The van der Waals surface area contributed by atoms with E-state index < -0.39 is 0 Å². The van der Waals surface area contributed by atoms with Crippen molar-refractivity contribution in [2.45, 2.75) is 0 Å². The molecule has 0 aromatic carbocycles. The van der Waals surface area contributed by atoms with Gasteiger partial charge in [0.1, 0.15) is 0 Å². The van der Waals surface area contributed by atoms with Gasteiger partial charge in [-0.2, -0.15) is 0 Å². The van der Waals surface area contributed by atoms with Crippen LogP contribution < -0.4 is 23.5 Å². The predicted molar refractivity (Wildman–Crippen MR) is 23.6 cm³/mol. The van der Waals surface area contributed by atoms with Crippen molar-refractivity contribution in [3.05, 3.63) is 0 Å². The molecule has 1 radical (unpaired) electrons. The summed E-state index contributed by atoms with van der Waals surface area (Å²) in [7, 11) is 0. The number of hydrogen-bond donors (Lipinski definition) is 0. The predicted octanol–water partition coefficient (Wildman–Crippen LogP) is -13.7. The van der Waals surface area contributed by atoms with Crippen molar-refractivity contribution in [2.75, 3.05) is 0 Å². The minimum atomic E-state index is 0. The average Bonchev–Trinajstić information content (AvgIpc) is 0.918. The van der Waals surface area contributed by atoms with Crippen molar-refractivity contribution in [1.29, 1.82) is 0 Å². The topological polar surface area (TPSA) is 0 Å². The van der Waals surface area contributed by atoms with Crippen LogP contribution >= 0.6 is 28.2 Å². The molecule has 0 fully saturated rings. The first kappa shape index (κ1) is 66.2. The van der Waals surface area contributed by atoms with Crippen LogP contribution in [0, 0.1) is 39.9 Å². The van der Waals surface area contributed by atoms with Crippen LogP contribution in [0.3, 0.4) is 0 Å². The smallest absolute Gasteiger partial charge is 1.00 e. The summed E-state index contributed by atoms with van der Waals surface area (Å²) in [4.78, 5) is 0. The minimum Gasteiger partial charge on any atom is -1.00 e. The summed E-state index contributed by atoms with van der Waals surface area (Å²) in [6.07, 6.45) is 0. The third-order valence-corrected chi connectivity index (χ3v) is 0. The molecule has 0 N–H and O–H groups in total. The Morgan fingerprint density at radius 2 is 0.700 bits per heavy atom. The van der Waals surface area contributed by atoms with Crippen LogP contribution in [-0.4, -0.2) is 45.5 Å². The molecule has 0 saturated carbocycles. The van der Waals surface area contributed by atoms with Gasteiger partial charge in [-0.3, -0.25) is 0 Å². The van der Waals surface area contributed by atoms with E-state index in [1.807, 2.05) is 0 Å². The largest absolute Gasteiger partial charge is 3.00 e. The van der Waals surface area contributed by atoms with Crippen LogP contribution in [0.5, 0.6) is 0 Å². The molecule has 0 heterocycles. The fraction of sp³-hybridized carbons (Fsp3) is 0. The molecule has 0 spiro atoms. The molecule has 0 saturated heterocycles. The van der Waals surface area contributed by atoms with Crippen LogP contribution in [0.2, 0.25) is 0 Å². The fourth-order valence-electron chi connectivity index (χ4n) is 0. The first-order valence-electron chi connectivity index (χ1n) is 0.228. The Bertz CT molecular complexity index is 19.6. The summed E-state index contributed by atoms with van der Waals surface area (Å²) < 4.78 is 0. The van der Waals surface area contributed by atoms with Gasteiger partial charge in [0.25, 0.3) is 0 Å². The van der Waals surface area contributed by atoms with E-state index in [9.17, 15) is 0 Å². The van der Waals surface area contributed by atoms with Gasteiger partial charge in [-0.05, 0) is 0 Å². The zero-order valence-electron chi connectivity index (χ0n) is 4.01. The van der Waals surface area contributed by atoms with Crippen molar-refractivity contribution < 1.29 is 74.8 Å². The van der Waals surface area contributed by atoms with E-state index in [4.69, 9.17) is 0 Å².